The molecule has 1 aromatic heterocycles. The molecule has 0 aliphatic carbocycles. The van der Waals surface area contributed by atoms with Gasteiger partial charge in [0.1, 0.15) is 5.69 Å². The Morgan fingerprint density at radius 3 is 3.11 bits per heavy atom. The van der Waals surface area contributed by atoms with Crippen LogP contribution in [0.1, 0.15) is 5.69 Å². The Labute approximate surface area is 51.8 Å². The van der Waals surface area contributed by atoms with Crippen LogP contribution in [-0.2, 0) is 11.3 Å². The van der Waals surface area contributed by atoms with E-state index in [4.69, 9.17) is 9.94 Å². The summed E-state index contributed by atoms with van der Waals surface area (Å²) < 4.78 is 4.71. The summed E-state index contributed by atoms with van der Waals surface area (Å²) in [4.78, 5) is 0.647. The van der Waals surface area contributed by atoms with Crippen molar-refractivity contribution < 1.29 is 9.94 Å². The van der Waals surface area contributed by atoms with Crippen LogP contribution >= 0.6 is 0 Å². The fourth-order valence-electron chi connectivity index (χ4n) is 0.502. The summed E-state index contributed by atoms with van der Waals surface area (Å²) in [6.45, 7) is 0.376. The summed E-state index contributed by atoms with van der Waals surface area (Å²) in [5.41, 5.74) is 0.611. The second-order valence-electron chi connectivity index (χ2n) is 1.56. The second kappa shape index (κ2) is 2.45. The van der Waals surface area contributed by atoms with Gasteiger partial charge in [0.2, 0.25) is 0 Å². The molecular formula is C4H7N3O2. The molecule has 1 heterocycles. The van der Waals surface area contributed by atoms with Crippen LogP contribution < -0.4 is 0 Å². The molecule has 0 saturated heterocycles. The molecule has 0 aliphatic heterocycles. The van der Waals surface area contributed by atoms with Gasteiger partial charge in [-0.05, 0) is 5.21 Å². The lowest BCUT2D eigenvalue weighted by Crippen LogP contribution is -1.88. The highest BCUT2D eigenvalue weighted by Crippen LogP contribution is 1.90. The van der Waals surface area contributed by atoms with Gasteiger partial charge >= 0.3 is 0 Å². The van der Waals surface area contributed by atoms with Crippen LogP contribution in [0.25, 0.3) is 0 Å². The summed E-state index contributed by atoms with van der Waals surface area (Å²) in [5, 5.41) is 15.4. The average Bonchev–Trinajstić information content (AvgIpc) is 2.17. The summed E-state index contributed by atoms with van der Waals surface area (Å²) in [7, 11) is 1.55. The Kier molecular flexibility index (Phi) is 1.64. The largest absolute Gasteiger partial charge is 0.411 e. The fourth-order valence-corrected chi connectivity index (χ4v) is 0.502. The van der Waals surface area contributed by atoms with E-state index in [0.717, 1.165) is 0 Å². The Hall–Kier alpha value is -1.10. The molecule has 0 atom stereocenters. The van der Waals surface area contributed by atoms with Crippen molar-refractivity contribution in [3.05, 3.63) is 11.9 Å². The highest BCUT2D eigenvalue weighted by atomic mass is 16.5. The van der Waals surface area contributed by atoms with Gasteiger partial charge in [-0.15, -0.1) is 5.10 Å². The van der Waals surface area contributed by atoms with E-state index in [1.807, 2.05) is 0 Å². The first-order chi connectivity index (χ1) is 4.33. The van der Waals surface area contributed by atoms with Crippen molar-refractivity contribution in [1.82, 2.24) is 15.2 Å². The Bertz CT molecular complexity index is 186. The predicted octanol–water partition coefficient (Wildman–Crippen LogP) is -0.338. The smallest absolute Gasteiger partial charge is 0.112 e. The minimum Gasteiger partial charge on any atom is -0.411 e. The molecule has 9 heavy (non-hydrogen) atoms. The van der Waals surface area contributed by atoms with Gasteiger partial charge in [0.05, 0.1) is 12.8 Å². The van der Waals surface area contributed by atoms with E-state index < -0.39 is 0 Å². The maximum absolute atomic E-state index is 8.57. The molecular weight excluding hydrogens is 122 g/mol. The standard InChI is InChI=1S/C4H7N3O2/c1-9-3-4-2-7(8)6-5-4/h2,8H,3H2,1H3. The molecule has 0 fully saturated rings. The SMILES string of the molecule is COCc1cn(O)nn1. The molecule has 1 rings (SSSR count). The zero-order valence-electron chi connectivity index (χ0n) is 4.98. The molecule has 0 saturated carbocycles. The summed E-state index contributed by atoms with van der Waals surface area (Å²) in [5.74, 6) is 0. The number of rotatable bonds is 2. The summed E-state index contributed by atoms with van der Waals surface area (Å²) in [6, 6.07) is 0. The molecule has 0 aliphatic rings. The maximum atomic E-state index is 8.57. The fraction of sp³-hybridized carbons (Fsp3) is 0.500. The van der Waals surface area contributed by atoms with Crippen molar-refractivity contribution in [2.45, 2.75) is 6.61 Å². The van der Waals surface area contributed by atoms with E-state index in [1.165, 1.54) is 6.20 Å². The number of aromatic nitrogens is 3. The Balaban J connectivity index is 2.61. The van der Waals surface area contributed by atoms with E-state index in [0.29, 0.717) is 17.1 Å². The van der Waals surface area contributed by atoms with Crippen molar-refractivity contribution in [3.8, 4) is 0 Å². The number of hydrogen-bond donors (Lipinski definition) is 1. The number of methoxy groups -OCH3 is 1. The lowest BCUT2D eigenvalue weighted by atomic mass is 10.5. The van der Waals surface area contributed by atoms with Crippen molar-refractivity contribution in [2.24, 2.45) is 0 Å². The normalized spacial score (nSPS) is 9.89. The molecule has 0 radical (unpaired) electrons. The van der Waals surface area contributed by atoms with Crippen LogP contribution in [0.3, 0.4) is 0 Å². The van der Waals surface area contributed by atoms with Gasteiger partial charge in [-0.1, -0.05) is 4.85 Å². The van der Waals surface area contributed by atoms with Gasteiger partial charge in [0.15, 0.2) is 0 Å². The molecule has 0 aromatic carbocycles. The van der Waals surface area contributed by atoms with Gasteiger partial charge < -0.3 is 9.94 Å². The van der Waals surface area contributed by atoms with Crippen LogP contribution in [0.5, 0.6) is 0 Å². The zero-order valence-corrected chi connectivity index (χ0v) is 4.98. The number of nitrogens with zero attached hydrogens (tertiary/aromatic N) is 3. The van der Waals surface area contributed by atoms with Crippen LogP contribution in [-0.4, -0.2) is 27.5 Å². The van der Waals surface area contributed by atoms with E-state index in [9.17, 15) is 0 Å². The van der Waals surface area contributed by atoms with E-state index in [2.05, 4.69) is 10.3 Å². The molecule has 1 N–H and O–H groups in total. The third kappa shape index (κ3) is 1.39. The lowest BCUT2D eigenvalue weighted by molar-refractivity contribution is 0.142. The van der Waals surface area contributed by atoms with Gasteiger partial charge in [-0.2, -0.15) is 0 Å². The molecule has 0 bridgehead atoms. The first kappa shape index (κ1) is 6.03. The number of hydrogen-bond acceptors (Lipinski definition) is 4. The lowest BCUT2D eigenvalue weighted by Gasteiger charge is -1.86. The highest BCUT2D eigenvalue weighted by molar-refractivity contribution is 4.87. The third-order valence-corrected chi connectivity index (χ3v) is 0.822. The van der Waals surface area contributed by atoms with Crippen molar-refractivity contribution >= 4 is 0 Å². The molecule has 0 amide bonds. The summed E-state index contributed by atoms with van der Waals surface area (Å²) in [6.07, 6.45) is 1.38. The minimum absolute atomic E-state index is 0.376. The van der Waals surface area contributed by atoms with Crippen LogP contribution in [0.2, 0.25) is 0 Å². The second-order valence-corrected chi connectivity index (χ2v) is 1.56. The van der Waals surface area contributed by atoms with E-state index >= 15 is 0 Å². The average molecular weight is 129 g/mol. The maximum Gasteiger partial charge on any atom is 0.112 e. The zero-order chi connectivity index (χ0) is 6.69. The molecule has 1 aromatic rings. The van der Waals surface area contributed by atoms with Crippen molar-refractivity contribution in [3.63, 3.8) is 0 Å². The molecule has 0 unspecified atom stereocenters. The third-order valence-electron chi connectivity index (χ3n) is 0.822. The molecule has 5 nitrogen and oxygen atoms in total. The molecule has 5 heteroatoms. The van der Waals surface area contributed by atoms with Crippen molar-refractivity contribution in [2.75, 3.05) is 7.11 Å². The van der Waals surface area contributed by atoms with Crippen LogP contribution in [0.4, 0.5) is 0 Å². The van der Waals surface area contributed by atoms with Gasteiger partial charge in [-0.25, -0.2) is 0 Å². The molecule has 50 valence electrons. The number of ether oxygens (including phenoxy) is 1. The summed E-state index contributed by atoms with van der Waals surface area (Å²) >= 11 is 0. The highest BCUT2D eigenvalue weighted by Gasteiger charge is 1.95. The Morgan fingerprint density at radius 1 is 1.89 bits per heavy atom. The topological polar surface area (TPSA) is 60.2 Å². The van der Waals surface area contributed by atoms with E-state index in [1.54, 1.807) is 7.11 Å². The first-order valence-corrected chi connectivity index (χ1v) is 2.42. The predicted molar refractivity (Wildman–Crippen MR) is 27.9 cm³/mol. The van der Waals surface area contributed by atoms with Crippen LogP contribution in [0.15, 0.2) is 6.20 Å². The van der Waals surface area contributed by atoms with Gasteiger partial charge in [0.25, 0.3) is 0 Å². The minimum atomic E-state index is 0.376. The van der Waals surface area contributed by atoms with E-state index in [-0.39, 0.29) is 0 Å². The quantitative estimate of drug-likeness (QED) is 0.555. The van der Waals surface area contributed by atoms with Crippen LogP contribution in [0, 0.1) is 0 Å². The monoisotopic (exact) mass is 129 g/mol. The molecule has 0 spiro atoms. The first-order valence-electron chi connectivity index (χ1n) is 2.42. The van der Waals surface area contributed by atoms with Crippen molar-refractivity contribution in [1.29, 1.82) is 0 Å². The van der Waals surface area contributed by atoms with Gasteiger partial charge in [0, 0.05) is 7.11 Å². The Morgan fingerprint density at radius 2 is 2.67 bits per heavy atom. The van der Waals surface area contributed by atoms with Gasteiger partial charge in [-0.3, -0.25) is 0 Å².